The van der Waals surface area contributed by atoms with E-state index in [0.717, 1.165) is 23.9 Å². The monoisotopic (exact) mass is 650 g/mol. The molecule has 0 bridgehead atoms. The van der Waals surface area contributed by atoms with Gasteiger partial charge in [0.1, 0.15) is 17.5 Å². The van der Waals surface area contributed by atoms with Gasteiger partial charge in [-0.15, -0.1) is 11.8 Å². The van der Waals surface area contributed by atoms with Crippen LogP contribution in [0.15, 0.2) is 40.5 Å². The predicted octanol–water partition coefficient (Wildman–Crippen LogP) is 6.43. The Hall–Kier alpha value is -3.45. The maximum atomic E-state index is 15.4. The number of carbonyl (C=O) groups is 1. The highest BCUT2D eigenvalue weighted by atomic mass is 32.2. The highest BCUT2D eigenvalue weighted by Crippen LogP contribution is 2.51. The number of amides is 1. The van der Waals surface area contributed by atoms with Crippen LogP contribution in [0.2, 0.25) is 0 Å². The number of thioether (sulfide) groups is 1. The first kappa shape index (κ1) is 32.9. The van der Waals surface area contributed by atoms with Crippen molar-refractivity contribution in [3.8, 4) is 11.1 Å². The number of carbonyl (C=O) groups excluding carboxylic acids is 1. The molecule has 0 aliphatic carbocycles. The van der Waals surface area contributed by atoms with E-state index in [4.69, 9.17) is 4.74 Å². The van der Waals surface area contributed by atoms with Crippen LogP contribution in [0.1, 0.15) is 38.8 Å². The van der Waals surface area contributed by atoms with Crippen molar-refractivity contribution in [1.29, 1.82) is 0 Å². The van der Waals surface area contributed by atoms with Crippen molar-refractivity contribution in [1.82, 2.24) is 14.5 Å². The zero-order chi connectivity index (χ0) is 33.0. The summed E-state index contributed by atoms with van der Waals surface area (Å²) in [6.07, 6.45) is -3.72. The zero-order valence-corrected chi connectivity index (χ0v) is 26.5. The number of rotatable bonds is 3. The van der Waals surface area contributed by atoms with Crippen LogP contribution in [0.25, 0.3) is 22.0 Å². The molecule has 6 rings (SSSR count). The first-order valence-electron chi connectivity index (χ1n) is 14.8. The Morgan fingerprint density at radius 3 is 2.40 bits per heavy atom. The third kappa shape index (κ3) is 5.62. The van der Waals surface area contributed by atoms with Crippen LogP contribution >= 0.6 is 11.8 Å². The number of halogens is 5. The van der Waals surface area contributed by atoms with Crippen LogP contribution in [0.5, 0.6) is 0 Å². The van der Waals surface area contributed by atoms with Crippen molar-refractivity contribution < 1.29 is 31.5 Å². The van der Waals surface area contributed by atoms with Crippen LogP contribution in [-0.4, -0.2) is 64.5 Å². The molecule has 2 atom stereocenters. The van der Waals surface area contributed by atoms with E-state index in [1.54, 1.807) is 23.6 Å². The molecule has 4 heterocycles. The minimum atomic E-state index is -4.93. The van der Waals surface area contributed by atoms with Crippen LogP contribution < -0.4 is 10.6 Å². The second-order valence-electron chi connectivity index (χ2n) is 11.7. The van der Waals surface area contributed by atoms with E-state index in [-0.39, 0.29) is 58.8 Å². The minimum absolute atomic E-state index is 0.0122. The normalized spacial score (nSPS) is 20.8. The molecule has 3 aliphatic rings. The standard InChI is InChI=1S/C30H29F5N4O3S.C2H6/c1-5-23(40)37-9-17(4)38(10-16(37)3)27-19-7-20(30(33,34)35)24(18-6-15(2)21(31)8-22(18)32)26-25(19)39(28(41)36-27)11-29(14-43-26)12-42-13-29;1-2/h5-8,16-17H,1,9-14H2,2-4H3;1-2H3/t16-,17?;/m1./s1. The van der Waals surface area contributed by atoms with Crippen LogP contribution in [-0.2, 0) is 22.3 Å². The van der Waals surface area contributed by atoms with Crippen molar-refractivity contribution in [3.63, 3.8) is 0 Å². The number of benzene rings is 2. The van der Waals surface area contributed by atoms with Gasteiger partial charge in [-0.3, -0.25) is 9.36 Å². The van der Waals surface area contributed by atoms with E-state index in [2.05, 4.69) is 11.6 Å². The Morgan fingerprint density at radius 2 is 1.80 bits per heavy atom. The van der Waals surface area contributed by atoms with Gasteiger partial charge < -0.3 is 14.5 Å². The summed E-state index contributed by atoms with van der Waals surface area (Å²) in [4.78, 5) is 34.0. The number of aryl methyl sites for hydroxylation is 1. The lowest BCUT2D eigenvalue weighted by Crippen LogP contribution is -2.58. The molecule has 13 heteroatoms. The lowest BCUT2D eigenvalue weighted by Gasteiger charge is -2.44. The van der Waals surface area contributed by atoms with Gasteiger partial charge in [0.15, 0.2) is 0 Å². The van der Waals surface area contributed by atoms with Crippen LogP contribution in [0.3, 0.4) is 0 Å². The molecule has 1 amide bonds. The van der Waals surface area contributed by atoms with Crippen LogP contribution in [0.4, 0.5) is 27.8 Å². The predicted molar refractivity (Wildman–Crippen MR) is 165 cm³/mol. The smallest absolute Gasteiger partial charge is 0.380 e. The maximum absolute atomic E-state index is 15.4. The largest absolute Gasteiger partial charge is 0.417 e. The molecule has 2 fully saturated rings. The van der Waals surface area contributed by atoms with Crippen molar-refractivity contribution in [2.45, 2.75) is 64.3 Å². The number of ether oxygens (including phenoxy) is 1. The topological polar surface area (TPSA) is 67.7 Å². The first-order chi connectivity index (χ1) is 21.2. The second kappa shape index (κ2) is 12.1. The maximum Gasteiger partial charge on any atom is 0.417 e. The van der Waals surface area contributed by atoms with Gasteiger partial charge in [0.05, 0.1) is 24.3 Å². The van der Waals surface area contributed by atoms with E-state index < -0.39 is 51.6 Å². The Morgan fingerprint density at radius 1 is 1.11 bits per heavy atom. The summed E-state index contributed by atoms with van der Waals surface area (Å²) in [6, 6.07) is 1.85. The fraction of sp³-hybridized carbons (Fsp3) is 0.469. The van der Waals surface area contributed by atoms with Gasteiger partial charge in [-0.05, 0) is 44.5 Å². The quantitative estimate of drug-likeness (QED) is 0.241. The van der Waals surface area contributed by atoms with Crippen LogP contribution in [0, 0.1) is 24.0 Å². The fourth-order valence-corrected chi connectivity index (χ4v) is 7.69. The van der Waals surface area contributed by atoms with Crippen molar-refractivity contribution in [3.05, 3.63) is 64.1 Å². The molecule has 3 aromatic rings. The summed E-state index contributed by atoms with van der Waals surface area (Å²) in [5.41, 5.74) is -2.90. The molecule has 242 valence electrons. The summed E-state index contributed by atoms with van der Waals surface area (Å²) < 4.78 is 81.2. The molecule has 3 aliphatic heterocycles. The summed E-state index contributed by atoms with van der Waals surface area (Å²) >= 11 is 1.12. The van der Waals surface area contributed by atoms with Crippen molar-refractivity contribution >= 4 is 34.4 Å². The third-order valence-electron chi connectivity index (χ3n) is 8.57. The number of aromatic nitrogens is 2. The lowest BCUT2D eigenvalue weighted by molar-refractivity contribution is -0.137. The molecule has 0 saturated carbocycles. The number of hydrogen-bond acceptors (Lipinski definition) is 6. The average Bonchev–Trinajstić information content (AvgIpc) is 3.17. The number of hydrogen-bond donors (Lipinski definition) is 0. The SMILES string of the molecule is C=CC(=O)N1CC(C)N(c2nc(=O)n3c4c(c(-c5cc(C)c(F)cc5F)c(C(F)(F)F)cc24)SCC2(COC2)C3)C[C@H]1C.CC. The van der Waals surface area contributed by atoms with Crippen molar-refractivity contribution in [2.75, 3.05) is 37.0 Å². The molecular formula is C32H35F5N4O3S. The molecule has 0 radical (unpaired) electrons. The molecule has 45 heavy (non-hydrogen) atoms. The van der Waals surface area contributed by atoms with E-state index in [9.17, 15) is 27.2 Å². The molecule has 1 aromatic heterocycles. The fourth-order valence-electron chi connectivity index (χ4n) is 6.26. The summed E-state index contributed by atoms with van der Waals surface area (Å²) in [5, 5.41) is 0.0947. The number of piperazine rings is 1. The molecule has 1 spiro atoms. The molecule has 2 saturated heterocycles. The second-order valence-corrected chi connectivity index (χ2v) is 12.7. The molecule has 0 N–H and O–H groups in total. The van der Waals surface area contributed by atoms with E-state index in [1.807, 2.05) is 13.8 Å². The summed E-state index contributed by atoms with van der Waals surface area (Å²) in [6.45, 7) is 13.7. The Kier molecular flexibility index (Phi) is 8.82. The lowest BCUT2D eigenvalue weighted by atomic mass is 9.88. The number of anilines is 1. The first-order valence-corrected chi connectivity index (χ1v) is 15.8. The molecule has 1 unspecified atom stereocenters. The zero-order valence-electron chi connectivity index (χ0n) is 25.7. The highest BCUT2D eigenvalue weighted by Gasteiger charge is 2.45. The Labute approximate surface area is 262 Å². The number of alkyl halides is 3. The van der Waals surface area contributed by atoms with Crippen molar-refractivity contribution in [2.24, 2.45) is 5.41 Å². The average molecular weight is 651 g/mol. The van der Waals surface area contributed by atoms with Gasteiger partial charge in [0, 0.05) is 70.4 Å². The van der Waals surface area contributed by atoms with Gasteiger partial charge in [-0.25, -0.2) is 13.6 Å². The van der Waals surface area contributed by atoms with Gasteiger partial charge in [0.2, 0.25) is 5.91 Å². The van der Waals surface area contributed by atoms with E-state index >= 15 is 4.39 Å². The minimum Gasteiger partial charge on any atom is -0.380 e. The highest BCUT2D eigenvalue weighted by molar-refractivity contribution is 7.99. The molecular weight excluding hydrogens is 615 g/mol. The van der Waals surface area contributed by atoms with E-state index in [1.165, 1.54) is 17.6 Å². The van der Waals surface area contributed by atoms with Gasteiger partial charge >= 0.3 is 11.9 Å². The van der Waals surface area contributed by atoms with E-state index in [0.29, 0.717) is 25.0 Å². The third-order valence-corrected chi connectivity index (χ3v) is 10.0. The Bertz CT molecular complexity index is 1740. The summed E-state index contributed by atoms with van der Waals surface area (Å²) in [5.74, 6) is -1.89. The van der Waals surface area contributed by atoms with Gasteiger partial charge in [-0.2, -0.15) is 18.2 Å². The molecule has 2 aromatic carbocycles. The Balaban J connectivity index is 0.00000196. The molecule has 7 nitrogen and oxygen atoms in total. The van der Waals surface area contributed by atoms with Gasteiger partial charge in [0.25, 0.3) is 0 Å². The van der Waals surface area contributed by atoms with Gasteiger partial charge in [-0.1, -0.05) is 20.4 Å². The number of nitrogens with zero attached hydrogens (tertiary/aromatic N) is 4. The summed E-state index contributed by atoms with van der Waals surface area (Å²) in [7, 11) is 0.